The standard InChI is InChI=1S/C18H21N3O3/c1-18(2)15(17(23)24)13-6-3-4-7-14(13)16(22)21(18)10-5-9-20-11-8-19-12-20/h3-4,6-8,11-12,15H,5,9-10H2,1-2H3,(H,23,24). The minimum absolute atomic E-state index is 0.0984. The van der Waals surface area contributed by atoms with E-state index >= 15 is 0 Å². The van der Waals surface area contributed by atoms with Gasteiger partial charge in [-0.3, -0.25) is 9.59 Å². The Balaban J connectivity index is 1.88. The number of carbonyl (C=O) groups is 2. The van der Waals surface area contributed by atoms with Gasteiger partial charge in [-0.15, -0.1) is 0 Å². The Morgan fingerprint density at radius 2 is 2.04 bits per heavy atom. The lowest BCUT2D eigenvalue weighted by Crippen LogP contribution is -2.57. The molecule has 1 aliphatic heterocycles. The van der Waals surface area contributed by atoms with Crippen LogP contribution in [0.25, 0.3) is 0 Å². The van der Waals surface area contributed by atoms with Gasteiger partial charge in [-0.2, -0.15) is 0 Å². The van der Waals surface area contributed by atoms with Crippen LogP contribution in [0.2, 0.25) is 0 Å². The van der Waals surface area contributed by atoms with E-state index in [-0.39, 0.29) is 5.91 Å². The van der Waals surface area contributed by atoms with E-state index in [2.05, 4.69) is 4.98 Å². The van der Waals surface area contributed by atoms with Crippen molar-refractivity contribution in [3.63, 3.8) is 0 Å². The molecular weight excluding hydrogens is 306 g/mol. The summed E-state index contributed by atoms with van der Waals surface area (Å²) in [5.41, 5.74) is 0.310. The number of hydrogen-bond donors (Lipinski definition) is 1. The summed E-state index contributed by atoms with van der Waals surface area (Å²) in [5.74, 6) is -1.74. The number of benzene rings is 1. The van der Waals surface area contributed by atoms with Gasteiger partial charge in [0.2, 0.25) is 0 Å². The van der Waals surface area contributed by atoms with Gasteiger partial charge < -0.3 is 14.6 Å². The fourth-order valence-electron chi connectivity index (χ4n) is 3.54. The molecule has 126 valence electrons. The quantitative estimate of drug-likeness (QED) is 0.915. The number of hydrogen-bond acceptors (Lipinski definition) is 3. The number of aliphatic carboxylic acids is 1. The summed E-state index contributed by atoms with van der Waals surface area (Å²) in [4.78, 5) is 30.5. The van der Waals surface area contributed by atoms with Crippen molar-refractivity contribution in [2.45, 2.75) is 38.3 Å². The molecule has 0 radical (unpaired) electrons. The first-order valence-corrected chi connectivity index (χ1v) is 8.02. The molecule has 2 aromatic rings. The Morgan fingerprint density at radius 1 is 1.29 bits per heavy atom. The highest BCUT2D eigenvalue weighted by Gasteiger charge is 2.48. The van der Waals surface area contributed by atoms with Gasteiger partial charge in [0.05, 0.1) is 11.9 Å². The van der Waals surface area contributed by atoms with Gasteiger partial charge in [0.15, 0.2) is 0 Å². The molecule has 0 bridgehead atoms. The SMILES string of the molecule is CC1(C)C(C(=O)O)c2ccccc2C(=O)N1CCCn1ccnc1. The second-order valence-corrected chi connectivity index (χ2v) is 6.62. The lowest BCUT2D eigenvalue weighted by Gasteiger charge is -2.47. The summed E-state index contributed by atoms with van der Waals surface area (Å²) in [5, 5.41) is 9.75. The smallest absolute Gasteiger partial charge is 0.313 e. The van der Waals surface area contributed by atoms with Crippen LogP contribution in [0.5, 0.6) is 0 Å². The van der Waals surface area contributed by atoms with Gasteiger partial charge >= 0.3 is 5.97 Å². The molecule has 6 heteroatoms. The normalized spacial score (nSPS) is 19.2. The number of nitrogens with zero attached hydrogens (tertiary/aromatic N) is 3. The number of rotatable bonds is 5. The van der Waals surface area contributed by atoms with Crippen LogP contribution in [-0.4, -0.2) is 43.5 Å². The topological polar surface area (TPSA) is 75.4 Å². The first-order chi connectivity index (χ1) is 11.4. The van der Waals surface area contributed by atoms with Crippen LogP contribution in [0.4, 0.5) is 0 Å². The van der Waals surface area contributed by atoms with E-state index < -0.39 is 17.4 Å². The Labute approximate surface area is 140 Å². The molecule has 0 aliphatic carbocycles. The van der Waals surface area contributed by atoms with Gasteiger partial charge in [-0.05, 0) is 31.9 Å². The number of fused-ring (bicyclic) bond motifs is 1. The number of carboxylic acids is 1. The van der Waals surface area contributed by atoms with Crippen molar-refractivity contribution in [1.82, 2.24) is 14.5 Å². The second-order valence-electron chi connectivity index (χ2n) is 6.62. The monoisotopic (exact) mass is 327 g/mol. The molecule has 24 heavy (non-hydrogen) atoms. The van der Waals surface area contributed by atoms with E-state index in [4.69, 9.17) is 0 Å². The number of carbonyl (C=O) groups excluding carboxylic acids is 1. The van der Waals surface area contributed by atoms with E-state index in [0.717, 1.165) is 13.0 Å². The van der Waals surface area contributed by atoms with Crippen molar-refractivity contribution in [1.29, 1.82) is 0 Å². The molecule has 1 atom stereocenters. The van der Waals surface area contributed by atoms with Gasteiger partial charge in [-0.1, -0.05) is 18.2 Å². The molecule has 0 saturated carbocycles. The van der Waals surface area contributed by atoms with Gasteiger partial charge in [0.1, 0.15) is 5.92 Å². The van der Waals surface area contributed by atoms with Crippen LogP contribution >= 0.6 is 0 Å². The van der Waals surface area contributed by atoms with Crippen molar-refractivity contribution in [3.8, 4) is 0 Å². The maximum Gasteiger partial charge on any atom is 0.313 e. The van der Waals surface area contributed by atoms with E-state index in [9.17, 15) is 14.7 Å². The Morgan fingerprint density at radius 3 is 2.71 bits per heavy atom. The fraction of sp³-hybridized carbons (Fsp3) is 0.389. The molecule has 6 nitrogen and oxygen atoms in total. The van der Waals surface area contributed by atoms with E-state index in [0.29, 0.717) is 17.7 Å². The van der Waals surface area contributed by atoms with Crippen molar-refractivity contribution in [3.05, 3.63) is 54.1 Å². The summed E-state index contributed by atoms with van der Waals surface area (Å²) in [6.45, 7) is 4.90. The van der Waals surface area contributed by atoms with E-state index in [1.165, 1.54) is 0 Å². The highest BCUT2D eigenvalue weighted by Crippen LogP contribution is 2.40. The average molecular weight is 327 g/mol. The highest BCUT2D eigenvalue weighted by atomic mass is 16.4. The molecular formula is C18H21N3O3. The molecule has 0 spiro atoms. The first kappa shape index (κ1) is 16.2. The number of amides is 1. The number of carboxylic acid groups (broad SMARTS) is 1. The van der Waals surface area contributed by atoms with Crippen molar-refractivity contribution < 1.29 is 14.7 Å². The van der Waals surface area contributed by atoms with Gasteiger partial charge in [0, 0.05) is 31.0 Å². The largest absolute Gasteiger partial charge is 0.481 e. The third-order valence-corrected chi connectivity index (χ3v) is 4.75. The molecule has 3 rings (SSSR count). The molecule has 1 aliphatic rings. The van der Waals surface area contributed by atoms with Crippen LogP contribution in [0.15, 0.2) is 43.0 Å². The fourth-order valence-corrected chi connectivity index (χ4v) is 3.54. The summed E-state index contributed by atoms with van der Waals surface area (Å²) in [7, 11) is 0. The Bertz CT molecular complexity index is 753. The molecule has 2 heterocycles. The lowest BCUT2D eigenvalue weighted by atomic mass is 9.75. The zero-order valence-electron chi connectivity index (χ0n) is 13.8. The molecule has 1 unspecified atom stereocenters. The maximum atomic E-state index is 12.9. The molecule has 1 aromatic heterocycles. The van der Waals surface area contributed by atoms with Crippen molar-refractivity contribution in [2.75, 3.05) is 6.54 Å². The minimum Gasteiger partial charge on any atom is -0.481 e. The molecule has 0 fully saturated rings. The minimum atomic E-state index is -0.903. The Hall–Kier alpha value is -2.63. The van der Waals surface area contributed by atoms with Crippen LogP contribution < -0.4 is 0 Å². The molecule has 1 aromatic carbocycles. The zero-order chi connectivity index (χ0) is 17.3. The third kappa shape index (κ3) is 2.68. The second kappa shape index (κ2) is 6.11. The van der Waals surface area contributed by atoms with E-state index in [1.54, 1.807) is 41.7 Å². The van der Waals surface area contributed by atoms with Crippen molar-refractivity contribution >= 4 is 11.9 Å². The summed E-state index contributed by atoms with van der Waals surface area (Å²) in [6.07, 6.45) is 6.06. The number of aryl methyl sites for hydroxylation is 1. The zero-order valence-corrected chi connectivity index (χ0v) is 13.8. The first-order valence-electron chi connectivity index (χ1n) is 8.02. The molecule has 1 amide bonds. The number of imidazole rings is 1. The van der Waals surface area contributed by atoms with Crippen molar-refractivity contribution in [2.24, 2.45) is 0 Å². The summed E-state index contributed by atoms with van der Waals surface area (Å²) < 4.78 is 1.95. The van der Waals surface area contributed by atoms with Crippen LogP contribution in [0, 0.1) is 0 Å². The molecule has 1 N–H and O–H groups in total. The molecule has 0 saturated heterocycles. The highest BCUT2D eigenvalue weighted by molar-refractivity contribution is 6.00. The van der Waals surface area contributed by atoms with Crippen LogP contribution in [0.3, 0.4) is 0 Å². The van der Waals surface area contributed by atoms with E-state index in [1.807, 2.05) is 24.6 Å². The number of aromatic nitrogens is 2. The predicted octanol–water partition coefficient (Wildman–Crippen LogP) is 2.38. The maximum absolute atomic E-state index is 12.9. The lowest BCUT2D eigenvalue weighted by molar-refractivity contribution is -0.142. The predicted molar refractivity (Wildman–Crippen MR) is 88.8 cm³/mol. The summed E-state index contributed by atoms with van der Waals surface area (Å²) in [6, 6.07) is 7.02. The van der Waals surface area contributed by atoms with Gasteiger partial charge in [0.25, 0.3) is 5.91 Å². The van der Waals surface area contributed by atoms with Crippen LogP contribution in [0.1, 0.15) is 42.1 Å². The van der Waals surface area contributed by atoms with Gasteiger partial charge in [-0.25, -0.2) is 4.98 Å². The average Bonchev–Trinajstić information content (AvgIpc) is 3.03. The third-order valence-electron chi connectivity index (χ3n) is 4.75. The van der Waals surface area contributed by atoms with Crippen LogP contribution in [-0.2, 0) is 11.3 Å². The Kier molecular flexibility index (Phi) is 4.13. The summed E-state index contributed by atoms with van der Waals surface area (Å²) >= 11 is 0.